The van der Waals surface area contributed by atoms with Gasteiger partial charge in [-0.2, -0.15) is 5.26 Å². The molecule has 0 spiro atoms. The highest BCUT2D eigenvalue weighted by Gasteiger charge is 2.18. The van der Waals surface area contributed by atoms with Crippen LogP contribution in [0.4, 0.5) is 5.69 Å². The molecule has 1 atom stereocenters. The Balaban J connectivity index is 2.35. The highest BCUT2D eigenvalue weighted by atomic mass is 32.2. The van der Waals surface area contributed by atoms with Crippen molar-refractivity contribution in [3.8, 4) is 11.8 Å². The zero-order valence-electron chi connectivity index (χ0n) is 15.4. The van der Waals surface area contributed by atoms with Crippen molar-refractivity contribution in [2.24, 2.45) is 0 Å². The summed E-state index contributed by atoms with van der Waals surface area (Å²) in [6, 6.07) is 10.9. The summed E-state index contributed by atoms with van der Waals surface area (Å²) in [7, 11) is -3.92. The lowest BCUT2D eigenvalue weighted by atomic mass is 10.0. The molecule has 0 aromatic heterocycles. The van der Waals surface area contributed by atoms with Crippen molar-refractivity contribution >= 4 is 15.7 Å². The summed E-state index contributed by atoms with van der Waals surface area (Å²) in [4.78, 5) is -0.101. The minimum absolute atomic E-state index is 0.101. The monoisotopic (exact) mass is 388 g/mol. The molecule has 144 valence electrons. The smallest absolute Gasteiger partial charge is 0.261 e. The van der Waals surface area contributed by atoms with Gasteiger partial charge in [-0.25, -0.2) is 8.42 Å². The number of phenolic OH excluding ortho intramolecular Hbond substituents is 1. The van der Waals surface area contributed by atoms with E-state index in [1.54, 1.807) is 12.1 Å². The van der Waals surface area contributed by atoms with Gasteiger partial charge >= 0.3 is 0 Å². The molecule has 0 saturated carbocycles. The van der Waals surface area contributed by atoms with Gasteiger partial charge in [-0.3, -0.25) is 4.72 Å². The Labute approximate surface area is 160 Å². The Bertz CT molecular complexity index is 949. The van der Waals surface area contributed by atoms with Crippen molar-refractivity contribution in [3.05, 3.63) is 53.1 Å². The first-order valence-corrected chi connectivity index (χ1v) is 10.3. The molecular formula is C20H24N2O4S. The van der Waals surface area contributed by atoms with Gasteiger partial charge < -0.3 is 10.2 Å². The first-order chi connectivity index (χ1) is 12.8. The summed E-state index contributed by atoms with van der Waals surface area (Å²) in [5, 5.41) is 28.4. The Kier molecular flexibility index (Phi) is 6.83. The number of aryl methyl sites for hydroxylation is 2. The molecule has 0 aliphatic heterocycles. The molecule has 0 radical (unpaired) electrons. The first-order valence-electron chi connectivity index (χ1n) is 8.86. The summed E-state index contributed by atoms with van der Waals surface area (Å²) in [6.45, 7) is 3.91. The van der Waals surface area contributed by atoms with E-state index in [4.69, 9.17) is 5.26 Å². The topological polar surface area (TPSA) is 110 Å². The molecular weight excluding hydrogens is 364 g/mol. The number of anilines is 1. The van der Waals surface area contributed by atoms with Gasteiger partial charge in [0.1, 0.15) is 11.8 Å². The predicted octanol–water partition coefficient (Wildman–Crippen LogP) is 3.33. The summed E-state index contributed by atoms with van der Waals surface area (Å²) in [6.07, 6.45) is 2.10. The van der Waals surface area contributed by atoms with Crippen LogP contribution in [0.15, 0.2) is 41.3 Å². The second kappa shape index (κ2) is 8.89. The van der Waals surface area contributed by atoms with Crippen molar-refractivity contribution in [1.29, 1.82) is 5.26 Å². The Hall–Kier alpha value is -2.56. The van der Waals surface area contributed by atoms with Crippen molar-refractivity contribution in [1.82, 2.24) is 0 Å². The molecule has 0 aliphatic carbocycles. The van der Waals surface area contributed by atoms with Gasteiger partial charge in [-0.05, 0) is 61.1 Å². The van der Waals surface area contributed by atoms with Gasteiger partial charge in [0.05, 0.1) is 22.3 Å². The van der Waals surface area contributed by atoms with Crippen LogP contribution in [0.25, 0.3) is 0 Å². The van der Waals surface area contributed by atoms with Crippen LogP contribution in [-0.4, -0.2) is 24.7 Å². The van der Waals surface area contributed by atoms with Crippen LogP contribution in [0, 0.1) is 11.3 Å². The first kappa shape index (κ1) is 20.7. The standard InChI is InChI=1S/C20H24N2O4S/c1-3-14-5-9-19(15(11-14)6-7-17(23)4-2)22-27(25,26)18-8-10-20(24)16(12-18)13-21/h5,8-12,17,22-24H,3-4,6-7H2,1-2H3. The van der Waals surface area contributed by atoms with Crippen LogP contribution < -0.4 is 4.72 Å². The van der Waals surface area contributed by atoms with Crippen LogP contribution in [0.3, 0.4) is 0 Å². The molecule has 0 heterocycles. The average Bonchev–Trinajstić information content (AvgIpc) is 2.66. The highest BCUT2D eigenvalue weighted by molar-refractivity contribution is 7.92. The highest BCUT2D eigenvalue weighted by Crippen LogP contribution is 2.26. The Morgan fingerprint density at radius 1 is 1.19 bits per heavy atom. The minimum Gasteiger partial charge on any atom is -0.507 e. The van der Waals surface area contributed by atoms with E-state index in [9.17, 15) is 18.6 Å². The number of aliphatic hydroxyl groups is 1. The van der Waals surface area contributed by atoms with Crippen molar-refractivity contribution in [2.75, 3.05) is 4.72 Å². The average molecular weight is 388 g/mol. The summed E-state index contributed by atoms with van der Waals surface area (Å²) in [5.41, 5.74) is 2.23. The molecule has 0 amide bonds. The molecule has 3 N–H and O–H groups in total. The number of hydrogen-bond acceptors (Lipinski definition) is 5. The van der Waals surface area contributed by atoms with E-state index in [1.807, 2.05) is 26.0 Å². The van der Waals surface area contributed by atoms with E-state index in [-0.39, 0.29) is 16.2 Å². The molecule has 7 heteroatoms. The summed E-state index contributed by atoms with van der Waals surface area (Å²) < 4.78 is 28.0. The SMILES string of the molecule is CCc1ccc(NS(=O)(=O)c2ccc(O)c(C#N)c2)c(CCC(O)CC)c1. The number of rotatable bonds is 8. The molecule has 0 saturated heterocycles. The molecule has 1 unspecified atom stereocenters. The Morgan fingerprint density at radius 2 is 1.93 bits per heavy atom. The lowest BCUT2D eigenvalue weighted by Gasteiger charge is -2.15. The van der Waals surface area contributed by atoms with Gasteiger partial charge in [0.15, 0.2) is 0 Å². The van der Waals surface area contributed by atoms with Crippen molar-refractivity contribution in [2.45, 2.75) is 50.5 Å². The number of phenols is 1. The van der Waals surface area contributed by atoms with Crippen LogP contribution in [0.2, 0.25) is 0 Å². The van der Waals surface area contributed by atoms with Gasteiger partial charge in [-0.1, -0.05) is 26.0 Å². The van der Waals surface area contributed by atoms with Gasteiger partial charge in [-0.15, -0.1) is 0 Å². The van der Waals surface area contributed by atoms with Crippen LogP contribution >= 0.6 is 0 Å². The number of nitrogens with zero attached hydrogens (tertiary/aromatic N) is 1. The van der Waals surface area contributed by atoms with Crippen molar-refractivity contribution in [3.63, 3.8) is 0 Å². The van der Waals surface area contributed by atoms with E-state index in [0.717, 1.165) is 23.6 Å². The molecule has 0 bridgehead atoms. The number of benzene rings is 2. The third-order valence-corrected chi connectivity index (χ3v) is 5.80. The fourth-order valence-electron chi connectivity index (χ4n) is 2.68. The number of aromatic hydroxyl groups is 1. The number of nitrogens with one attached hydrogen (secondary N) is 1. The third-order valence-electron chi connectivity index (χ3n) is 4.44. The zero-order valence-corrected chi connectivity index (χ0v) is 16.3. The minimum atomic E-state index is -3.92. The second-order valence-corrected chi connectivity index (χ2v) is 8.02. The molecule has 2 rings (SSSR count). The molecule has 6 nitrogen and oxygen atoms in total. The largest absolute Gasteiger partial charge is 0.507 e. The maximum Gasteiger partial charge on any atom is 0.261 e. The number of sulfonamides is 1. The number of nitriles is 1. The van der Waals surface area contributed by atoms with Crippen LogP contribution in [-0.2, 0) is 22.9 Å². The summed E-state index contributed by atoms with van der Waals surface area (Å²) >= 11 is 0. The summed E-state index contributed by atoms with van der Waals surface area (Å²) in [5.74, 6) is -0.266. The molecule has 27 heavy (non-hydrogen) atoms. The Morgan fingerprint density at radius 3 is 2.56 bits per heavy atom. The maximum absolute atomic E-state index is 12.7. The molecule has 2 aromatic carbocycles. The van der Waals surface area contributed by atoms with E-state index in [2.05, 4.69) is 4.72 Å². The maximum atomic E-state index is 12.7. The second-order valence-electron chi connectivity index (χ2n) is 6.34. The zero-order chi connectivity index (χ0) is 20.0. The fourth-order valence-corrected chi connectivity index (χ4v) is 3.80. The van der Waals surface area contributed by atoms with Crippen molar-refractivity contribution < 1.29 is 18.6 Å². The van der Waals surface area contributed by atoms with E-state index >= 15 is 0 Å². The normalized spacial score (nSPS) is 12.4. The lowest BCUT2D eigenvalue weighted by Crippen LogP contribution is -2.15. The van der Waals surface area contributed by atoms with Gasteiger partial charge in [0.2, 0.25) is 0 Å². The fraction of sp³-hybridized carbons (Fsp3) is 0.350. The predicted molar refractivity (Wildman–Crippen MR) is 104 cm³/mol. The molecule has 0 aliphatic rings. The third kappa shape index (κ3) is 5.22. The molecule has 0 fully saturated rings. The number of aliphatic hydroxyl groups excluding tert-OH is 1. The quantitative estimate of drug-likeness (QED) is 0.642. The number of hydrogen-bond donors (Lipinski definition) is 3. The lowest BCUT2D eigenvalue weighted by molar-refractivity contribution is 0.161. The van der Waals surface area contributed by atoms with Gasteiger partial charge in [0.25, 0.3) is 10.0 Å². The van der Waals surface area contributed by atoms with Crippen LogP contribution in [0.5, 0.6) is 5.75 Å². The van der Waals surface area contributed by atoms with E-state index < -0.39 is 16.1 Å². The molecule has 2 aromatic rings. The van der Waals surface area contributed by atoms with Gasteiger partial charge in [0, 0.05) is 0 Å². The van der Waals surface area contributed by atoms with E-state index in [0.29, 0.717) is 24.9 Å². The van der Waals surface area contributed by atoms with Crippen LogP contribution in [0.1, 0.15) is 43.4 Å². The van der Waals surface area contributed by atoms with E-state index in [1.165, 1.54) is 12.1 Å².